The van der Waals surface area contributed by atoms with Crippen molar-refractivity contribution in [2.75, 3.05) is 38.2 Å². The van der Waals surface area contributed by atoms with Crippen molar-refractivity contribution < 1.29 is 9.53 Å². The van der Waals surface area contributed by atoms with E-state index in [1.165, 1.54) is 0 Å². The minimum atomic E-state index is 0.0102. The van der Waals surface area contributed by atoms with Crippen molar-refractivity contribution in [1.29, 1.82) is 0 Å². The van der Waals surface area contributed by atoms with Gasteiger partial charge in [-0.15, -0.1) is 0 Å². The van der Waals surface area contributed by atoms with Gasteiger partial charge in [-0.25, -0.2) is 4.98 Å². The number of fused-ring (bicyclic) bond motifs is 1. The average Bonchev–Trinajstić information content (AvgIpc) is 3.16. The summed E-state index contributed by atoms with van der Waals surface area (Å²) in [5.41, 5.74) is 1.43. The molecule has 1 fully saturated rings. The predicted octanol–water partition coefficient (Wildman–Crippen LogP) is 1.70. The third-order valence-electron chi connectivity index (χ3n) is 4.50. The zero-order valence-electron chi connectivity index (χ0n) is 14.0. The summed E-state index contributed by atoms with van der Waals surface area (Å²) >= 11 is 0. The van der Waals surface area contributed by atoms with Crippen LogP contribution < -0.4 is 9.64 Å². The second-order valence-electron chi connectivity index (χ2n) is 5.88. The molecule has 3 aromatic rings. The van der Waals surface area contributed by atoms with Crippen LogP contribution >= 0.6 is 0 Å². The van der Waals surface area contributed by atoms with Gasteiger partial charge in [-0.2, -0.15) is 9.61 Å². The monoisotopic (exact) mass is 337 g/mol. The first-order chi connectivity index (χ1) is 12.3. The summed E-state index contributed by atoms with van der Waals surface area (Å²) in [5.74, 6) is 1.62. The number of benzene rings is 1. The fourth-order valence-electron chi connectivity index (χ4n) is 3.19. The summed E-state index contributed by atoms with van der Waals surface area (Å²) in [5, 5.41) is 4.33. The molecule has 1 amide bonds. The fourth-order valence-corrected chi connectivity index (χ4v) is 3.19. The highest BCUT2D eigenvalue weighted by Crippen LogP contribution is 2.22. The Morgan fingerprint density at radius 2 is 1.84 bits per heavy atom. The Morgan fingerprint density at radius 1 is 1.04 bits per heavy atom. The smallest absolute Gasteiger partial charge is 0.257 e. The van der Waals surface area contributed by atoms with Crippen molar-refractivity contribution in [2.45, 2.75) is 0 Å². The van der Waals surface area contributed by atoms with Crippen LogP contribution in [-0.4, -0.2) is 58.7 Å². The zero-order chi connectivity index (χ0) is 17.2. The van der Waals surface area contributed by atoms with E-state index in [0.717, 1.165) is 24.6 Å². The number of aromatic nitrogens is 3. The van der Waals surface area contributed by atoms with Gasteiger partial charge < -0.3 is 14.5 Å². The topological polar surface area (TPSA) is 63.0 Å². The average molecular weight is 337 g/mol. The summed E-state index contributed by atoms with van der Waals surface area (Å²) in [4.78, 5) is 21.2. The number of ether oxygens (including phenoxy) is 1. The lowest BCUT2D eigenvalue weighted by Crippen LogP contribution is -2.49. The number of rotatable bonds is 3. The molecule has 0 unspecified atom stereocenters. The third kappa shape index (κ3) is 2.77. The first kappa shape index (κ1) is 15.4. The zero-order valence-corrected chi connectivity index (χ0v) is 14.0. The van der Waals surface area contributed by atoms with Crippen LogP contribution in [0.4, 0.5) is 5.82 Å². The van der Waals surface area contributed by atoms with Crippen molar-refractivity contribution in [1.82, 2.24) is 19.5 Å². The van der Waals surface area contributed by atoms with E-state index in [0.29, 0.717) is 24.4 Å². The van der Waals surface area contributed by atoms with Crippen LogP contribution in [0.5, 0.6) is 5.75 Å². The third-order valence-corrected chi connectivity index (χ3v) is 4.50. The maximum absolute atomic E-state index is 12.8. The molecule has 1 aliphatic heterocycles. The maximum Gasteiger partial charge on any atom is 0.257 e. The van der Waals surface area contributed by atoms with Gasteiger partial charge in [0.05, 0.1) is 18.9 Å². The van der Waals surface area contributed by atoms with Crippen LogP contribution in [0.2, 0.25) is 0 Å². The molecule has 0 spiro atoms. The van der Waals surface area contributed by atoms with E-state index in [-0.39, 0.29) is 5.91 Å². The number of amides is 1. The molecule has 0 saturated carbocycles. The van der Waals surface area contributed by atoms with Crippen molar-refractivity contribution in [2.24, 2.45) is 0 Å². The van der Waals surface area contributed by atoms with E-state index in [2.05, 4.69) is 15.0 Å². The molecule has 7 nitrogen and oxygen atoms in total. The fraction of sp³-hybridized carbons (Fsp3) is 0.278. The van der Waals surface area contributed by atoms with E-state index in [1.807, 2.05) is 45.8 Å². The summed E-state index contributed by atoms with van der Waals surface area (Å²) in [6.45, 7) is 2.81. The van der Waals surface area contributed by atoms with E-state index in [4.69, 9.17) is 4.74 Å². The van der Waals surface area contributed by atoms with Gasteiger partial charge in [-0.3, -0.25) is 4.79 Å². The van der Waals surface area contributed by atoms with E-state index >= 15 is 0 Å². The number of carbonyl (C=O) groups is 1. The predicted molar refractivity (Wildman–Crippen MR) is 94.1 cm³/mol. The molecule has 0 aliphatic carbocycles. The Labute approximate surface area is 145 Å². The maximum atomic E-state index is 12.8. The number of hydrogen-bond donors (Lipinski definition) is 0. The van der Waals surface area contributed by atoms with Gasteiger partial charge in [0.25, 0.3) is 5.91 Å². The molecule has 128 valence electrons. The summed E-state index contributed by atoms with van der Waals surface area (Å²) in [6, 6.07) is 11.2. The number of nitrogens with zero attached hydrogens (tertiary/aromatic N) is 5. The van der Waals surface area contributed by atoms with Crippen LogP contribution in [0.1, 0.15) is 10.4 Å². The lowest BCUT2D eigenvalue weighted by molar-refractivity contribution is 0.0743. The highest BCUT2D eigenvalue weighted by atomic mass is 16.5. The van der Waals surface area contributed by atoms with E-state index in [9.17, 15) is 4.79 Å². The van der Waals surface area contributed by atoms with Gasteiger partial charge >= 0.3 is 0 Å². The number of methoxy groups -OCH3 is 1. The number of para-hydroxylation sites is 1. The van der Waals surface area contributed by atoms with Crippen LogP contribution in [0.3, 0.4) is 0 Å². The van der Waals surface area contributed by atoms with E-state index < -0.39 is 0 Å². The Balaban J connectivity index is 1.50. The molecule has 0 bridgehead atoms. The van der Waals surface area contributed by atoms with Gasteiger partial charge in [0.15, 0.2) is 5.65 Å². The molecule has 1 saturated heterocycles. The Hall–Kier alpha value is -3.09. The van der Waals surface area contributed by atoms with Gasteiger partial charge in [0.1, 0.15) is 11.6 Å². The molecule has 4 rings (SSSR count). The normalized spacial score (nSPS) is 14.8. The molecule has 0 radical (unpaired) electrons. The molecule has 0 atom stereocenters. The van der Waals surface area contributed by atoms with Crippen LogP contribution in [0, 0.1) is 0 Å². The molecule has 0 N–H and O–H groups in total. The standard InChI is InChI=1S/C18H19N5O2/c1-25-15-5-3-2-4-14(15)18(24)22-12-10-21(11-13-22)17-7-8-19-16-6-9-20-23(16)17/h2-9H,10-13H2,1H3. The number of hydrogen-bond acceptors (Lipinski definition) is 5. The van der Waals surface area contributed by atoms with Gasteiger partial charge in [-0.1, -0.05) is 12.1 Å². The molecule has 25 heavy (non-hydrogen) atoms. The van der Waals surface area contributed by atoms with Gasteiger partial charge in [-0.05, 0) is 18.2 Å². The highest BCUT2D eigenvalue weighted by Gasteiger charge is 2.25. The van der Waals surface area contributed by atoms with Gasteiger partial charge in [0.2, 0.25) is 0 Å². The molecule has 1 aliphatic rings. The largest absolute Gasteiger partial charge is 0.496 e. The number of carbonyl (C=O) groups excluding carboxylic acids is 1. The first-order valence-electron chi connectivity index (χ1n) is 8.24. The molecular formula is C18H19N5O2. The summed E-state index contributed by atoms with van der Waals surface area (Å²) in [7, 11) is 1.59. The second kappa shape index (κ2) is 6.43. The van der Waals surface area contributed by atoms with Gasteiger partial charge in [0, 0.05) is 38.4 Å². The minimum Gasteiger partial charge on any atom is -0.496 e. The van der Waals surface area contributed by atoms with E-state index in [1.54, 1.807) is 19.5 Å². The van der Waals surface area contributed by atoms with Crippen molar-refractivity contribution >= 4 is 17.4 Å². The molecule has 3 heterocycles. The van der Waals surface area contributed by atoms with Crippen molar-refractivity contribution in [3.05, 3.63) is 54.4 Å². The Kier molecular flexibility index (Phi) is 3.97. The Morgan fingerprint density at radius 3 is 2.64 bits per heavy atom. The summed E-state index contributed by atoms with van der Waals surface area (Å²) in [6.07, 6.45) is 3.53. The first-order valence-corrected chi connectivity index (χ1v) is 8.24. The van der Waals surface area contributed by atoms with Crippen LogP contribution in [-0.2, 0) is 0 Å². The summed E-state index contributed by atoms with van der Waals surface area (Å²) < 4.78 is 7.14. The number of anilines is 1. The van der Waals surface area contributed by atoms with Crippen LogP contribution in [0.25, 0.3) is 5.65 Å². The Bertz CT molecular complexity index is 899. The minimum absolute atomic E-state index is 0.0102. The quantitative estimate of drug-likeness (QED) is 0.728. The molecule has 1 aromatic carbocycles. The molecule has 7 heteroatoms. The molecule has 2 aromatic heterocycles. The lowest BCUT2D eigenvalue weighted by Gasteiger charge is -2.36. The number of piperazine rings is 1. The van der Waals surface area contributed by atoms with Crippen molar-refractivity contribution in [3.8, 4) is 5.75 Å². The second-order valence-corrected chi connectivity index (χ2v) is 5.88. The highest BCUT2D eigenvalue weighted by molar-refractivity contribution is 5.97. The van der Waals surface area contributed by atoms with Crippen LogP contribution in [0.15, 0.2) is 48.8 Å². The lowest BCUT2D eigenvalue weighted by atomic mass is 10.1. The van der Waals surface area contributed by atoms with Crippen molar-refractivity contribution in [3.63, 3.8) is 0 Å². The SMILES string of the molecule is COc1ccccc1C(=O)N1CCN(c2ccnc3ccnn23)CC1. The molecular weight excluding hydrogens is 318 g/mol.